The van der Waals surface area contributed by atoms with Gasteiger partial charge in [-0.2, -0.15) is 0 Å². The van der Waals surface area contributed by atoms with Gasteiger partial charge in [0.1, 0.15) is 11.5 Å². The number of hydrogen-bond donors (Lipinski definition) is 0. The number of carbonyl (C=O) groups excluding carboxylic acids is 1. The Morgan fingerprint density at radius 3 is 2.67 bits per heavy atom. The van der Waals surface area contributed by atoms with E-state index in [2.05, 4.69) is 22.9 Å². The van der Waals surface area contributed by atoms with E-state index >= 15 is 0 Å². The first-order valence-electron chi connectivity index (χ1n) is 6.51. The predicted molar refractivity (Wildman–Crippen MR) is 78.2 cm³/mol. The molecule has 0 amide bonds. The number of methoxy groups -OCH3 is 1. The molecule has 0 aromatic heterocycles. The molecule has 0 aliphatic rings. The lowest BCUT2D eigenvalue weighted by molar-refractivity contribution is -0.119. The summed E-state index contributed by atoms with van der Waals surface area (Å²) in [5.74, 6) is 1.25. The van der Waals surface area contributed by atoms with Crippen LogP contribution >= 0.6 is 15.9 Å². The molecule has 0 radical (unpaired) electrons. The van der Waals surface area contributed by atoms with Crippen LogP contribution < -0.4 is 4.74 Å². The topological polar surface area (TPSA) is 26.3 Å². The quantitative estimate of drug-likeness (QED) is 0.704. The molecular formula is C15H21BrO2. The molecule has 0 aliphatic heterocycles. The zero-order valence-electron chi connectivity index (χ0n) is 11.2. The van der Waals surface area contributed by atoms with E-state index in [0.29, 0.717) is 12.2 Å². The maximum atomic E-state index is 11.6. The molecule has 0 bridgehead atoms. The van der Waals surface area contributed by atoms with E-state index in [1.54, 1.807) is 7.11 Å². The summed E-state index contributed by atoms with van der Waals surface area (Å²) in [7, 11) is 1.67. The molecule has 0 aliphatic carbocycles. The van der Waals surface area contributed by atoms with Crippen molar-refractivity contribution in [1.82, 2.24) is 0 Å². The van der Waals surface area contributed by atoms with Crippen LogP contribution in [0.25, 0.3) is 0 Å². The molecule has 18 heavy (non-hydrogen) atoms. The molecule has 1 rings (SSSR count). The van der Waals surface area contributed by atoms with Gasteiger partial charge in [0.25, 0.3) is 0 Å². The molecular weight excluding hydrogens is 292 g/mol. The molecule has 1 aromatic rings. The van der Waals surface area contributed by atoms with Gasteiger partial charge in [-0.25, -0.2) is 0 Å². The van der Waals surface area contributed by atoms with Gasteiger partial charge in [-0.05, 0) is 43.0 Å². The number of ether oxygens (including phenoxy) is 1. The average molecular weight is 313 g/mol. The van der Waals surface area contributed by atoms with Crippen molar-refractivity contribution >= 4 is 21.7 Å². The zero-order chi connectivity index (χ0) is 13.4. The van der Waals surface area contributed by atoms with Gasteiger partial charge in [-0.15, -0.1) is 0 Å². The van der Waals surface area contributed by atoms with Gasteiger partial charge in [0.2, 0.25) is 0 Å². The lowest BCUT2D eigenvalue weighted by Gasteiger charge is -2.07. The fourth-order valence-corrected chi connectivity index (χ4v) is 2.29. The standard InChI is InChI=1S/C15H21BrO2/c1-3-4-7-13(17)8-5-6-12-11-14(18-2)9-10-15(12)16/h9-11H,3-8H2,1-2H3. The third-order valence-corrected chi connectivity index (χ3v) is 3.74. The highest BCUT2D eigenvalue weighted by molar-refractivity contribution is 9.10. The van der Waals surface area contributed by atoms with Crippen LogP contribution in [0.2, 0.25) is 0 Å². The van der Waals surface area contributed by atoms with Crippen molar-refractivity contribution in [1.29, 1.82) is 0 Å². The number of rotatable bonds is 8. The fraction of sp³-hybridized carbons (Fsp3) is 0.533. The summed E-state index contributed by atoms with van der Waals surface area (Å²) < 4.78 is 6.29. The largest absolute Gasteiger partial charge is 0.497 e. The second kappa shape index (κ2) is 8.30. The highest BCUT2D eigenvalue weighted by Crippen LogP contribution is 2.24. The first kappa shape index (κ1) is 15.2. The van der Waals surface area contributed by atoms with Crippen LogP contribution in [0.1, 0.15) is 44.6 Å². The molecule has 3 heteroatoms. The van der Waals surface area contributed by atoms with Gasteiger partial charge in [-0.1, -0.05) is 29.3 Å². The lowest BCUT2D eigenvalue weighted by Crippen LogP contribution is -1.99. The van der Waals surface area contributed by atoms with Crippen molar-refractivity contribution in [2.45, 2.75) is 45.4 Å². The minimum atomic E-state index is 0.385. The first-order valence-corrected chi connectivity index (χ1v) is 7.30. The summed E-state index contributed by atoms with van der Waals surface area (Å²) in [5.41, 5.74) is 1.21. The summed E-state index contributed by atoms with van der Waals surface area (Å²) in [6.07, 6.45) is 5.35. The van der Waals surface area contributed by atoms with Crippen LogP contribution in [0.15, 0.2) is 22.7 Å². The molecule has 0 saturated heterocycles. The fourth-order valence-electron chi connectivity index (χ4n) is 1.84. The summed E-state index contributed by atoms with van der Waals surface area (Å²) in [4.78, 5) is 11.6. The summed E-state index contributed by atoms with van der Waals surface area (Å²) >= 11 is 3.53. The van der Waals surface area contributed by atoms with Crippen LogP contribution in [0.4, 0.5) is 0 Å². The lowest BCUT2D eigenvalue weighted by atomic mass is 10.0. The predicted octanol–water partition coefficient (Wildman–Crippen LogP) is 4.54. The normalized spacial score (nSPS) is 10.4. The molecule has 1 aromatic carbocycles. The Morgan fingerprint density at radius 2 is 2.00 bits per heavy atom. The second-order valence-corrected chi connectivity index (χ2v) is 5.31. The van der Waals surface area contributed by atoms with Crippen LogP contribution in [-0.4, -0.2) is 12.9 Å². The smallest absolute Gasteiger partial charge is 0.132 e. The number of carbonyl (C=O) groups is 1. The number of unbranched alkanes of at least 4 members (excludes halogenated alkanes) is 1. The number of aryl methyl sites for hydroxylation is 1. The van der Waals surface area contributed by atoms with Gasteiger partial charge in [-0.3, -0.25) is 4.79 Å². The average Bonchev–Trinajstić information content (AvgIpc) is 2.38. The Balaban J connectivity index is 2.41. The maximum absolute atomic E-state index is 11.6. The molecule has 100 valence electrons. The van der Waals surface area contributed by atoms with Crippen LogP contribution in [-0.2, 0) is 11.2 Å². The highest BCUT2D eigenvalue weighted by atomic mass is 79.9. The number of halogens is 1. The maximum Gasteiger partial charge on any atom is 0.132 e. The zero-order valence-corrected chi connectivity index (χ0v) is 12.8. The monoisotopic (exact) mass is 312 g/mol. The number of benzene rings is 1. The van der Waals surface area contributed by atoms with Crippen LogP contribution in [0, 0.1) is 0 Å². The van der Waals surface area contributed by atoms with Crippen molar-refractivity contribution in [3.8, 4) is 5.75 Å². The van der Waals surface area contributed by atoms with Gasteiger partial charge < -0.3 is 4.74 Å². The van der Waals surface area contributed by atoms with E-state index < -0.39 is 0 Å². The molecule has 0 saturated carbocycles. The van der Waals surface area contributed by atoms with Crippen molar-refractivity contribution in [3.05, 3.63) is 28.2 Å². The molecule has 2 nitrogen and oxygen atoms in total. The summed E-state index contributed by atoms with van der Waals surface area (Å²) in [6.45, 7) is 2.11. The van der Waals surface area contributed by atoms with Crippen LogP contribution in [0.5, 0.6) is 5.75 Å². The molecule has 0 N–H and O–H groups in total. The molecule has 0 fully saturated rings. The van der Waals surface area contributed by atoms with E-state index in [1.165, 1.54) is 5.56 Å². The number of Topliss-reactive ketones (excluding diaryl/α,β-unsaturated/α-hetero) is 1. The molecule has 0 unspecified atom stereocenters. The van der Waals surface area contributed by atoms with Crippen LogP contribution in [0.3, 0.4) is 0 Å². The SMILES string of the molecule is CCCCC(=O)CCCc1cc(OC)ccc1Br. The van der Waals surface area contributed by atoms with Crippen molar-refractivity contribution < 1.29 is 9.53 Å². The minimum absolute atomic E-state index is 0.385. The molecule has 0 heterocycles. The van der Waals surface area contributed by atoms with E-state index in [4.69, 9.17) is 4.74 Å². The van der Waals surface area contributed by atoms with E-state index in [0.717, 1.165) is 42.3 Å². The Morgan fingerprint density at radius 1 is 1.28 bits per heavy atom. The second-order valence-electron chi connectivity index (χ2n) is 4.45. The van der Waals surface area contributed by atoms with Gasteiger partial charge >= 0.3 is 0 Å². The van der Waals surface area contributed by atoms with Gasteiger partial charge in [0, 0.05) is 17.3 Å². The third-order valence-electron chi connectivity index (χ3n) is 2.96. The van der Waals surface area contributed by atoms with Crippen molar-refractivity contribution in [3.63, 3.8) is 0 Å². The van der Waals surface area contributed by atoms with Gasteiger partial charge in [0.05, 0.1) is 7.11 Å². The highest BCUT2D eigenvalue weighted by Gasteiger charge is 2.05. The van der Waals surface area contributed by atoms with Crippen molar-refractivity contribution in [2.24, 2.45) is 0 Å². The van der Waals surface area contributed by atoms with E-state index in [-0.39, 0.29) is 0 Å². The Bertz CT molecular complexity index is 388. The Labute approximate surface area is 118 Å². The van der Waals surface area contributed by atoms with Gasteiger partial charge in [0.15, 0.2) is 0 Å². The summed E-state index contributed by atoms with van der Waals surface area (Å²) in [5, 5.41) is 0. The molecule has 0 spiro atoms. The Kier molecular flexibility index (Phi) is 7.02. The first-order chi connectivity index (χ1) is 8.67. The minimum Gasteiger partial charge on any atom is -0.497 e. The number of ketones is 1. The Hall–Kier alpha value is -0.830. The number of hydrogen-bond acceptors (Lipinski definition) is 2. The summed E-state index contributed by atoms with van der Waals surface area (Å²) in [6, 6.07) is 5.95. The van der Waals surface area contributed by atoms with E-state index in [1.807, 2.05) is 18.2 Å². The molecule has 0 atom stereocenters. The van der Waals surface area contributed by atoms with Crippen molar-refractivity contribution in [2.75, 3.05) is 7.11 Å². The third kappa shape index (κ3) is 5.21. The van der Waals surface area contributed by atoms with E-state index in [9.17, 15) is 4.79 Å².